The Labute approximate surface area is 160 Å². The van der Waals surface area contributed by atoms with Crippen molar-refractivity contribution in [1.29, 1.82) is 0 Å². The van der Waals surface area contributed by atoms with Crippen molar-refractivity contribution in [2.24, 2.45) is 0 Å². The summed E-state index contributed by atoms with van der Waals surface area (Å²) in [5.41, 5.74) is 2.24. The number of methoxy groups -OCH3 is 1. The zero-order chi connectivity index (χ0) is 18.4. The fraction of sp³-hybridized carbons (Fsp3) is 0.381. The van der Waals surface area contributed by atoms with Crippen LogP contribution in [0.4, 0.5) is 0 Å². The molecule has 0 atom stereocenters. The van der Waals surface area contributed by atoms with Crippen molar-refractivity contribution in [3.05, 3.63) is 64.7 Å². The summed E-state index contributed by atoms with van der Waals surface area (Å²) in [5.74, 6) is 1.14. The molecule has 1 saturated heterocycles. The van der Waals surface area contributed by atoms with Gasteiger partial charge in [-0.15, -0.1) is 0 Å². The third-order valence-electron chi connectivity index (χ3n) is 4.88. The van der Waals surface area contributed by atoms with Gasteiger partial charge in [-0.2, -0.15) is 0 Å². The van der Waals surface area contributed by atoms with Gasteiger partial charge in [-0.1, -0.05) is 41.9 Å². The number of hydrogen-bond donors (Lipinski definition) is 0. The third-order valence-corrected chi connectivity index (χ3v) is 5.14. The molecule has 138 valence electrons. The van der Waals surface area contributed by atoms with E-state index in [0.717, 1.165) is 50.5 Å². The Bertz CT molecular complexity index is 725. The van der Waals surface area contributed by atoms with E-state index in [9.17, 15) is 4.79 Å². The molecule has 0 N–H and O–H groups in total. The SMILES string of the molecule is COc1ccccc1CCN1CCN(C(=O)Cc2ccc(Cl)cc2)CC1. The number of carbonyl (C=O) groups is 1. The molecule has 1 amide bonds. The van der Waals surface area contributed by atoms with Gasteiger partial charge in [0, 0.05) is 37.7 Å². The lowest BCUT2D eigenvalue weighted by atomic mass is 10.1. The normalized spacial score (nSPS) is 15.1. The molecule has 0 bridgehead atoms. The molecule has 1 fully saturated rings. The lowest BCUT2D eigenvalue weighted by Gasteiger charge is -2.35. The Kier molecular flexibility index (Phi) is 6.53. The number of benzene rings is 2. The van der Waals surface area contributed by atoms with Gasteiger partial charge in [-0.25, -0.2) is 0 Å². The number of hydrogen-bond acceptors (Lipinski definition) is 3. The van der Waals surface area contributed by atoms with E-state index in [4.69, 9.17) is 16.3 Å². The van der Waals surface area contributed by atoms with Crippen LogP contribution in [0.3, 0.4) is 0 Å². The van der Waals surface area contributed by atoms with Gasteiger partial charge in [0.05, 0.1) is 13.5 Å². The van der Waals surface area contributed by atoms with E-state index in [-0.39, 0.29) is 5.91 Å². The van der Waals surface area contributed by atoms with Crippen molar-refractivity contribution < 1.29 is 9.53 Å². The maximum absolute atomic E-state index is 12.5. The molecule has 0 aliphatic carbocycles. The first-order chi connectivity index (χ1) is 12.7. The van der Waals surface area contributed by atoms with E-state index < -0.39 is 0 Å². The zero-order valence-electron chi connectivity index (χ0n) is 15.2. The minimum Gasteiger partial charge on any atom is -0.496 e. The van der Waals surface area contributed by atoms with Gasteiger partial charge in [0.25, 0.3) is 0 Å². The molecule has 0 radical (unpaired) electrons. The standard InChI is InChI=1S/C21H25ClN2O2/c1-26-20-5-3-2-4-18(20)10-11-23-12-14-24(15-13-23)21(25)16-17-6-8-19(22)9-7-17/h2-9H,10-16H2,1H3. The minimum atomic E-state index is 0.191. The Morgan fingerprint density at radius 2 is 1.73 bits per heavy atom. The molecule has 1 aliphatic rings. The highest BCUT2D eigenvalue weighted by atomic mass is 35.5. The molecule has 5 heteroatoms. The van der Waals surface area contributed by atoms with Crippen LogP contribution in [0, 0.1) is 0 Å². The number of nitrogens with zero attached hydrogens (tertiary/aromatic N) is 2. The molecule has 0 saturated carbocycles. The van der Waals surface area contributed by atoms with Crippen LogP contribution >= 0.6 is 11.6 Å². The Morgan fingerprint density at radius 3 is 2.42 bits per heavy atom. The molecule has 2 aromatic carbocycles. The van der Waals surface area contributed by atoms with Crippen LogP contribution < -0.4 is 4.74 Å². The molecule has 4 nitrogen and oxygen atoms in total. The molecule has 0 aromatic heterocycles. The van der Waals surface area contributed by atoms with Crippen LogP contribution in [0.1, 0.15) is 11.1 Å². The summed E-state index contributed by atoms with van der Waals surface area (Å²) in [6.07, 6.45) is 1.40. The monoisotopic (exact) mass is 372 g/mol. The lowest BCUT2D eigenvalue weighted by Crippen LogP contribution is -2.49. The molecule has 1 aliphatic heterocycles. The summed E-state index contributed by atoms with van der Waals surface area (Å²) in [6, 6.07) is 15.7. The predicted molar refractivity (Wildman–Crippen MR) is 105 cm³/mol. The Morgan fingerprint density at radius 1 is 1.04 bits per heavy atom. The maximum atomic E-state index is 12.5. The van der Waals surface area contributed by atoms with Crippen LogP contribution in [0.5, 0.6) is 5.75 Å². The van der Waals surface area contributed by atoms with E-state index in [1.165, 1.54) is 5.56 Å². The summed E-state index contributed by atoms with van der Waals surface area (Å²) in [4.78, 5) is 16.9. The molecular weight excluding hydrogens is 348 g/mol. The maximum Gasteiger partial charge on any atom is 0.227 e. The largest absolute Gasteiger partial charge is 0.496 e. The molecule has 3 rings (SSSR count). The first kappa shape index (κ1) is 18.7. The Hall–Kier alpha value is -2.04. The van der Waals surface area contributed by atoms with Gasteiger partial charge >= 0.3 is 0 Å². The van der Waals surface area contributed by atoms with Crippen LogP contribution in [0.15, 0.2) is 48.5 Å². The van der Waals surface area contributed by atoms with Crippen LogP contribution in [0.25, 0.3) is 0 Å². The first-order valence-corrected chi connectivity index (χ1v) is 9.40. The van der Waals surface area contributed by atoms with Crippen LogP contribution in [-0.4, -0.2) is 55.5 Å². The van der Waals surface area contributed by atoms with E-state index in [2.05, 4.69) is 11.0 Å². The van der Waals surface area contributed by atoms with Gasteiger partial charge in [-0.3, -0.25) is 9.69 Å². The molecule has 0 spiro atoms. The highest BCUT2D eigenvalue weighted by Gasteiger charge is 2.21. The average molecular weight is 373 g/mol. The summed E-state index contributed by atoms with van der Waals surface area (Å²) in [6.45, 7) is 4.40. The van der Waals surface area contributed by atoms with E-state index in [0.29, 0.717) is 11.4 Å². The van der Waals surface area contributed by atoms with Crippen molar-refractivity contribution in [3.63, 3.8) is 0 Å². The highest BCUT2D eigenvalue weighted by Crippen LogP contribution is 2.18. The van der Waals surface area contributed by atoms with Gasteiger partial charge in [-0.05, 0) is 35.7 Å². The van der Waals surface area contributed by atoms with Gasteiger partial charge < -0.3 is 9.64 Å². The number of ether oxygens (including phenoxy) is 1. The molecule has 1 heterocycles. The second-order valence-electron chi connectivity index (χ2n) is 6.59. The van der Waals surface area contributed by atoms with Crippen LogP contribution in [0.2, 0.25) is 5.02 Å². The summed E-state index contributed by atoms with van der Waals surface area (Å²) in [7, 11) is 1.71. The van der Waals surface area contributed by atoms with E-state index in [1.54, 1.807) is 7.11 Å². The number of halogens is 1. The number of amides is 1. The van der Waals surface area contributed by atoms with E-state index in [1.807, 2.05) is 47.4 Å². The number of piperazine rings is 1. The van der Waals surface area contributed by atoms with Crippen LogP contribution in [-0.2, 0) is 17.6 Å². The van der Waals surface area contributed by atoms with Gasteiger partial charge in [0.2, 0.25) is 5.91 Å². The first-order valence-electron chi connectivity index (χ1n) is 9.02. The Balaban J connectivity index is 1.45. The summed E-state index contributed by atoms with van der Waals surface area (Å²) >= 11 is 5.90. The van der Waals surface area contributed by atoms with Crippen molar-refractivity contribution >= 4 is 17.5 Å². The van der Waals surface area contributed by atoms with Gasteiger partial charge in [0.15, 0.2) is 0 Å². The van der Waals surface area contributed by atoms with Crippen molar-refractivity contribution in [2.75, 3.05) is 39.8 Å². The van der Waals surface area contributed by atoms with Crippen molar-refractivity contribution in [3.8, 4) is 5.75 Å². The minimum absolute atomic E-state index is 0.191. The molecule has 26 heavy (non-hydrogen) atoms. The third kappa shape index (κ3) is 4.99. The quantitative estimate of drug-likeness (QED) is 0.780. The second-order valence-corrected chi connectivity index (χ2v) is 7.02. The lowest BCUT2D eigenvalue weighted by molar-refractivity contribution is -0.132. The number of rotatable bonds is 6. The second kappa shape index (κ2) is 9.06. The molecule has 0 unspecified atom stereocenters. The zero-order valence-corrected chi connectivity index (χ0v) is 15.9. The summed E-state index contributed by atoms with van der Waals surface area (Å²) in [5, 5.41) is 0.699. The fourth-order valence-corrected chi connectivity index (χ4v) is 3.42. The average Bonchev–Trinajstić information content (AvgIpc) is 2.68. The van der Waals surface area contributed by atoms with E-state index >= 15 is 0 Å². The fourth-order valence-electron chi connectivity index (χ4n) is 3.30. The molecular formula is C21H25ClN2O2. The van der Waals surface area contributed by atoms with Gasteiger partial charge in [0.1, 0.15) is 5.75 Å². The van der Waals surface area contributed by atoms with Crippen molar-refractivity contribution in [1.82, 2.24) is 9.80 Å². The predicted octanol–water partition coefficient (Wildman–Crippen LogP) is 3.28. The molecule has 2 aromatic rings. The summed E-state index contributed by atoms with van der Waals surface area (Å²) < 4.78 is 5.42. The highest BCUT2D eigenvalue weighted by molar-refractivity contribution is 6.30. The van der Waals surface area contributed by atoms with Crippen molar-refractivity contribution in [2.45, 2.75) is 12.8 Å². The number of para-hydroxylation sites is 1. The smallest absolute Gasteiger partial charge is 0.227 e. The number of carbonyl (C=O) groups excluding carboxylic acids is 1. The topological polar surface area (TPSA) is 32.8 Å².